The lowest BCUT2D eigenvalue weighted by atomic mass is 10.3. The van der Waals surface area contributed by atoms with E-state index in [9.17, 15) is 14.4 Å². The number of anilines is 1. The molecule has 1 aromatic carbocycles. The fourth-order valence-electron chi connectivity index (χ4n) is 2.09. The van der Waals surface area contributed by atoms with Gasteiger partial charge in [-0.05, 0) is 19.1 Å². The number of nitrogens with one attached hydrogen (secondary N) is 2. The van der Waals surface area contributed by atoms with Crippen LogP contribution in [0, 0.1) is 6.92 Å². The van der Waals surface area contributed by atoms with Gasteiger partial charge in [0.05, 0.1) is 17.8 Å². The normalized spacial score (nSPS) is 10.2. The quantitative estimate of drug-likeness (QED) is 0.735. The van der Waals surface area contributed by atoms with Crippen molar-refractivity contribution in [2.24, 2.45) is 0 Å². The smallest absolute Gasteiger partial charge is 0.308 e. The van der Waals surface area contributed by atoms with Crippen LogP contribution in [-0.4, -0.2) is 40.7 Å². The van der Waals surface area contributed by atoms with Crippen LogP contribution in [0.25, 0.3) is 5.69 Å². The molecule has 0 saturated heterocycles. The van der Waals surface area contributed by atoms with Gasteiger partial charge in [-0.2, -0.15) is 5.10 Å². The second-order valence-corrected chi connectivity index (χ2v) is 5.36. The van der Waals surface area contributed by atoms with Crippen molar-refractivity contribution in [3.8, 4) is 5.69 Å². The molecule has 0 aliphatic rings. The Bertz CT molecular complexity index is 755. The van der Waals surface area contributed by atoms with Crippen molar-refractivity contribution in [1.29, 1.82) is 0 Å². The second-order valence-electron chi connectivity index (χ2n) is 5.36. The summed E-state index contributed by atoms with van der Waals surface area (Å²) in [5.74, 6) is -0.764. The molecule has 1 aromatic heterocycles. The van der Waals surface area contributed by atoms with E-state index in [1.165, 1.54) is 6.92 Å². The third-order valence-corrected chi connectivity index (χ3v) is 3.17. The van der Waals surface area contributed by atoms with E-state index in [0.29, 0.717) is 5.82 Å². The monoisotopic (exact) mass is 344 g/mol. The van der Waals surface area contributed by atoms with Crippen LogP contribution in [0.15, 0.2) is 36.4 Å². The molecule has 2 aromatic rings. The Morgan fingerprint density at radius 2 is 1.92 bits per heavy atom. The Kier molecular flexibility index (Phi) is 6.27. The van der Waals surface area contributed by atoms with Crippen LogP contribution in [0.5, 0.6) is 0 Å². The number of ether oxygens (including phenoxy) is 1. The molecule has 0 saturated carbocycles. The average Bonchev–Trinajstić information content (AvgIpc) is 2.94. The van der Waals surface area contributed by atoms with Crippen molar-refractivity contribution in [1.82, 2.24) is 15.1 Å². The summed E-state index contributed by atoms with van der Waals surface area (Å²) in [6.07, 6.45) is 0.00785. The maximum absolute atomic E-state index is 12.0. The molecule has 0 radical (unpaired) electrons. The number of hydrogen-bond acceptors (Lipinski definition) is 5. The van der Waals surface area contributed by atoms with Crippen LogP contribution in [0.4, 0.5) is 5.82 Å². The summed E-state index contributed by atoms with van der Waals surface area (Å²) in [6, 6.07) is 11.1. The molecule has 132 valence electrons. The zero-order valence-electron chi connectivity index (χ0n) is 14.1. The highest BCUT2D eigenvalue weighted by atomic mass is 16.5. The zero-order valence-corrected chi connectivity index (χ0v) is 14.1. The van der Waals surface area contributed by atoms with Crippen molar-refractivity contribution in [2.75, 3.05) is 18.5 Å². The third-order valence-electron chi connectivity index (χ3n) is 3.17. The van der Waals surface area contributed by atoms with Gasteiger partial charge in [-0.1, -0.05) is 18.2 Å². The molecule has 25 heavy (non-hydrogen) atoms. The first-order valence-electron chi connectivity index (χ1n) is 7.77. The Balaban J connectivity index is 1.89. The van der Waals surface area contributed by atoms with Crippen molar-refractivity contribution in [3.63, 3.8) is 0 Å². The molecular weight excluding hydrogens is 324 g/mol. The number of carbonyl (C=O) groups excluding carboxylic acids is 3. The van der Waals surface area contributed by atoms with Crippen LogP contribution in [-0.2, 0) is 19.1 Å². The fraction of sp³-hybridized carbons (Fsp3) is 0.294. The van der Waals surface area contributed by atoms with Gasteiger partial charge >= 0.3 is 5.97 Å². The summed E-state index contributed by atoms with van der Waals surface area (Å²) in [5, 5.41) is 9.49. The Labute approximate surface area is 145 Å². The molecule has 8 heteroatoms. The Hall–Kier alpha value is -3.16. The Morgan fingerprint density at radius 3 is 2.60 bits per heavy atom. The summed E-state index contributed by atoms with van der Waals surface area (Å²) < 4.78 is 6.48. The topological polar surface area (TPSA) is 102 Å². The lowest BCUT2D eigenvalue weighted by Gasteiger charge is -2.09. The summed E-state index contributed by atoms with van der Waals surface area (Å²) in [5.41, 5.74) is 1.55. The molecule has 1 heterocycles. The fourth-order valence-corrected chi connectivity index (χ4v) is 2.09. The van der Waals surface area contributed by atoms with Gasteiger partial charge in [0.2, 0.25) is 5.91 Å². The van der Waals surface area contributed by atoms with E-state index < -0.39 is 18.5 Å². The van der Waals surface area contributed by atoms with Gasteiger partial charge in [-0.3, -0.25) is 14.4 Å². The predicted molar refractivity (Wildman–Crippen MR) is 91.2 cm³/mol. The minimum atomic E-state index is -0.559. The van der Waals surface area contributed by atoms with Crippen LogP contribution >= 0.6 is 0 Å². The van der Waals surface area contributed by atoms with Gasteiger partial charge in [-0.25, -0.2) is 4.68 Å². The number of benzene rings is 1. The first-order valence-corrected chi connectivity index (χ1v) is 7.77. The minimum Gasteiger partial charge on any atom is -0.456 e. The molecule has 2 N–H and O–H groups in total. The number of amides is 2. The largest absolute Gasteiger partial charge is 0.456 e. The molecule has 0 aliphatic heterocycles. The van der Waals surface area contributed by atoms with Gasteiger partial charge < -0.3 is 15.4 Å². The number of aromatic nitrogens is 2. The Morgan fingerprint density at radius 1 is 1.20 bits per heavy atom. The highest BCUT2D eigenvalue weighted by molar-refractivity contribution is 5.92. The van der Waals surface area contributed by atoms with E-state index in [-0.39, 0.29) is 18.9 Å². The number of aryl methyl sites for hydroxylation is 1. The molecule has 8 nitrogen and oxygen atoms in total. The van der Waals surface area contributed by atoms with Gasteiger partial charge in [0.15, 0.2) is 6.61 Å². The SMILES string of the molecule is CC(=O)NCCC(=O)OCC(=O)Nc1cc(C)nn1-c1ccccc1. The van der Waals surface area contributed by atoms with Crippen molar-refractivity contribution in [3.05, 3.63) is 42.1 Å². The van der Waals surface area contributed by atoms with Crippen LogP contribution in [0.3, 0.4) is 0 Å². The molecule has 0 unspecified atom stereocenters. The molecule has 2 rings (SSSR count). The van der Waals surface area contributed by atoms with E-state index in [0.717, 1.165) is 11.4 Å². The van der Waals surface area contributed by atoms with Crippen LogP contribution in [0.2, 0.25) is 0 Å². The number of para-hydroxylation sites is 1. The molecule has 0 aliphatic carbocycles. The number of nitrogens with zero attached hydrogens (tertiary/aromatic N) is 2. The van der Waals surface area contributed by atoms with Gasteiger partial charge in [0.1, 0.15) is 5.82 Å². The van der Waals surface area contributed by atoms with Gasteiger partial charge in [0.25, 0.3) is 5.91 Å². The van der Waals surface area contributed by atoms with E-state index in [1.54, 1.807) is 10.7 Å². The van der Waals surface area contributed by atoms with Crippen LogP contribution in [0.1, 0.15) is 19.0 Å². The molecular formula is C17H20N4O4. The molecule has 0 bridgehead atoms. The number of hydrogen-bond donors (Lipinski definition) is 2. The first kappa shape index (κ1) is 18.2. The number of rotatable bonds is 7. The molecule has 0 spiro atoms. The standard InChI is InChI=1S/C17H20N4O4/c1-12-10-15(21(20-12)14-6-4-3-5-7-14)19-16(23)11-25-17(24)8-9-18-13(2)22/h3-7,10H,8-9,11H2,1-2H3,(H,18,22)(H,19,23). The van der Waals surface area contributed by atoms with Gasteiger partial charge in [-0.15, -0.1) is 0 Å². The van der Waals surface area contributed by atoms with Crippen LogP contribution < -0.4 is 10.6 Å². The van der Waals surface area contributed by atoms with Crippen molar-refractivity contribution >= 4 is 23.6 Å². The summed E-state index contributed by atoms with van der Waals surface area (Å²) >= 11 is 0. The van der Waals surface area contributed by atoms with E-state index in [4.69, 9.17) is 4.74 Å². The maximum atomic E-state index is 12.0. The molecule has 0 fully saturated rings. The first-order chi connectivity index (χ1) is 12.0. The zero-order chi connectivity index (χ0) is 18.2. The molecule has 2 amide bonds. The van der Waals surface area contributed by atoms with Crippen molar-refractivity contribution in [2.45, 2.75) is 20.3 Å². The second kappa shape index (κ2) is 8.62. The minimum absolute atomic E-state index is 0.00785. The third kappa shape index (κ3) is 5.76. The lowest BCUT2D eigenvalue weighted by Crippen LogP contribution is -2.26. The lowest BCUT2D eigenvalue weighted by molar-refractivity contribution is -0.147. The predicted octanol–water partition coefficient (Wildman–Crippen LogP) is 1.19. The number of esters is 1. The summed E-state index contributed by atoms with van der Waals surface area (Å²) in [4.78, 5) is 34.2. The van der Waals surface area contributed by atoms with Crippen molar-refractivity contribution < 1.29 is 19.1 Å². The summed E-state index contributed by atoms with van der Waals surface area (Å²) in [7, 11) is 0. The van der Waals surface area contributed by atoms with E-state index in [1.807, 2.05) is 37.3 Å². The maximum Gasteiger partial charge on any atom is 0.308 e. The highest BCUT2D eigenvalue weighted by Gasteiger charge is 2.12. The van der Waals surface area contributed by atoms with Gasteiger partial charge in [0, 0.05) is 19.5 Å². The average molecular weight is 344 g/mol. The van der Waals surface area contributed by atoms with E-state index in [2.05, 4.69) is 15.7 Å². The molecule has 0 atom stereocenters. The number of carbonyl (C=O) groups is 3. The highest BCUT2D eigenvalue weighted by Crippen LogP contribution is 2.16. The van der Waals surface area contributed by atoms with E-state index >= 15 is 0 Å². The summed E-state index contributed by atoms with van der Waals surface area (Å²) in [6.45, 7) is 2.95.